The van der Waals surface area contributed by atoms with Gasteiger partial charge in [-0.2, -0.15) is 10.1 Å². The standard InChI is InChI=1S/C35H34F2N8O3/c1-8-23(46)43-14-19(6)44-22(15-43)34(47)42(7)31-26-32(28(37)25(27(31)36)24-17(4)9-10-21-20(24)13-39-41-21)45(35(48)40-33(26)44)30-18(5)11-12-38-29(30)16(2)3/h8-13,16,19,22H,1,14-15H2,2-7H3,(H,39,41). The first-order valence-electron chi connectivity index (χ1n) is 15.7. The van der Waals surface area contributed by atoms with Crippen LogP contribution in [0.2, 0.25) is 0 Å². The maximum absolute atomic E-state index is 17.8. The number of piperazine rings is 1. The van der Waals surface area contributed by atoms with Gasteiger partial charge in [-0.25, -0.2) is 13.6 Å². The van der Waals surface area contributed by atoms with Gasteiger partial charge in [0.05, 0.1) is 46.3 Å². The third-order valence-corrected chi connectivity index (χ3v) is 9.55. The molecule has 1 saturated heterocycles. The minimum Gasteiger partial charge on any atom is -0.337 e. The van der Waals surface area contributed by atoms with Gasteiger partial charge in [0.2, 0.25) is 5.91 Å². The van der Waals surface area contributed by atoms with Gasteiger partial charge in [0, 0.05) is 36.8 Å². The summed E-state index contributed by atoms with van der Waals surface area (Å²) in [6, 6.07) is 3.61. The Labute approximate surface area is 274 Å². The lowest BCUT2D eigenvalue weighted by molar-refractivity contribution is -0.129. The van der Waals surface area contributed by atoms with E-state index in [1.807, 2.05) is 13.8 Å². The average molecular weight is 653 g/mol. The summed E-state index contributed by atoms with van der Waals surface area (Å²) in [5, 5.41) is 7.41. The monoisotopic (exact) mass is 652 g/mol. The summed E-state index contributed by atoms with van der Waals surface area (Å²) in [6.45, 7) is 12.8. The number of aromatic nitrogens is 5. The van der Waals surface area contributed by atoms with Crippen molar-refractivity contribution in [3.63, 3.8) is 0 Å². The quantitative estimate of drug-likeness (QED) is 0.274. The fourth-order valence-corrected chi connectivity index (χ4v) is 7.33. The van der Waals surface area contributed by atoms with Crippen molar-refractivity contribution in [2.24, 2.45) is 0 Å². The van der Waals surface area contributed by atoms with E-state index in [4.69, 9.17) is 0 Å². The van der Waals surface area contributed by atoms with Crippen molar-refractivity contribution in [1.82, 2.24) is 29.6 Å². The fourth-order valence-electron chi connectivity index (χ4n) is 7.33. The molecule has 2 aromatic carbocycles. The Kier molecular flexibility index (Phi) is 7.18. The maximum atomic E-state index is 17.8. The van der Waals surface area contributed by atoms with Crippen LogP contribution in [0.5, 0.6) is 0 Å². The van der Waals surface area contributed by atoms with E-state index in [9.17, 15) is 14.4 Å². The van der Waals surface area contributed by atoms with Crippen molar-refractivity contribution < 1.29 is 18.4 Å². The number of fused-ring (bicyclic) bond motifs is 3. The minimum absolute atomic E-state index is 0.0302. The molecule has 1 fully saturated rings. The number of amides is 2. The normalized spacial score (nSPS) is 17.8. The zero-order valence-electron chi connectivity index (χ0n) is 27.4. The molecule has 2 aliphatic heterocycles. The Morgan fingerprint density at radius 1 is 1.06 bits per heavy atom. The Bertz CT molecular complexity index is 2280. The molecule has 0 radical (unpaired) electrons. The van der Waals surface area contributed by atoms with E-state index < -0.39 is 40.9 Å². The average Bonchev–Trinajstić information content (AvgIpc) is 3.50. The molecule has 48 heavy (non-hydrogen) atoms. The predicted molar refractivity (Wildman–Crippen MR) is 180 cm³/mol. The van der Waals surface area contributed by atoms with E-state index in [2.05, 4.69) is 26.7 Å². The van der Waals surface area contributed by atoms with Crippen LogP contribution in [-0.4, -0.2) is 73.7 Å². The van der Waals surface area contributed by atoms with E-state index in [1.165, 1.54) is 28.8 Å². The Morgan fingerprint density at radius 2 is 1.81 bits per heavy atom. The number of nitrogens with one attached hydrogen (secondary N) is 1. The van der Waals surface area contributed by atoms with E-state index in [1.54, 1.807) is 50.1 Å². The summed E-state index contributed by atoms with van der Waals surface area (Å²) >= 11 is 0. The number of aryl methyl sites for hydroxylation is 2. The first-order chi connectivity index (χ1) is 22.9. The number of hydrogen-bond acceptors (Lipinski definition) is 7. The molecule has 5 heterocycles. The number of likely N-dealkylation sites (N-methyl/N-ethyl adjacent to an activating group) is 1. The third kappa shape index (κ3) is 4.29. The highest BCUT2D eigenvalue weighted by molar-refractivity contribution is 6.15. The molecule has 5 aromatic rings. The second kappa shape index (κ2) is 11.1. The Morgan fingerprint density at radius 3 is 2.52 bits per heavy atom. The summed E-state index contributed by atoms with van der Waals surface area (Å²) in [6.07, 6.45) is 4.28. The van der Waals surface area contributed by atoms with Crippen LogP contribution in [0.15, 0.2) is 48.0 Å². The van der Waals surface area contributed by atoms with E-state index in [0.717, 1.165) is 4.90 Å². The van der Waals surface area contributed by atoms with Gasteiger partial charge in [-0.3, -0.25) is 24.2 Å². The molecule has 2 unspecified atom stereocenters. The number of anilines is 2. The molecular formula is C35H34F2N8O3. The summed E-state index contributed by atoms with van der Waals surface area (Å²) in [7, 11) is 1.42. The lowest BCUT2D eigenvalue weighted by Crippen LogP contribution is -2.63. The Balaban J connectivity index is 1.69. The molecule has 246 valence electrons. The molecule has 3 aromatic heterocycles. The van der Waals surface area contributed by atoms with Crippen LogP contribution in [-0.2, 0) is 9.59 Å². The van der Waals surface area contributed by atoms with Gasteiger partial charge in [0.15, 0.2) is 11.6 Å². The van der Waals surface area contributed by atoms with Crippen molar-refractivity contribution in [2.75, 3.05) is 29.9 Å². The molecule has 2 atom stereocenters. The molecule has 0 bridgehead atoms. The Hall–Kier alpha value is -5.46. The number of hydrogen-bond donors (Lipinski definition) is 1. The number of nitrogens with zero attached hydrogens (tertiary/aromatic N) is 7. The predicted octanol–water partition coefficient (Wildman–Crippen LogP) is 4.91. The molecular weight excluding hydrogens is 618 g/mol. The SMILES string of the molecule is C=CC(=O)N1CC(C)N2c3nc(=O)n(-c4c(C)ccnc4C(C)C)c4c(F)c(-c5c(C)ccc6[nH]ncc56)c(F)c(c34)N(C)C(=O)C2C1. The molecule has 0 saturated carbocycles. The van der Waals surface area contributed by atoms with Gasteiger partial charge >= 0.3 is 5.69 Å². The second-order valence-electron chi connectivity index (χ2n) is 12.9. The minimum atomic E-state index is -1.04. The second-order valence-corrected chi connectivity index (χ2v) is 12.9. The molecule has 2 aliphatic rings. The van der Waals surface area contributed by atoms with E-state index in [0.29, 0.717) is 33.4 Å². The van der Waals surface area contributed by atoms with Gasteiger partial charge in [0.1, 0.15) is 17.4 Å². The number of benzene rings is 2. The molecule has 1 N–H and O–H groups in total. The number of halogens is 2. The number of pyridine rings is 1. The van der Waals surface area contributed by atoms with Crippen LogP contribution >= 0.6 is 0 Å². The van der Waals surface area contributed by atoms with Gasteiger partial charge in [-0.05, 0) is 56.0 Å². The van der Waals surface area contributed by atoms with Crippen molar-refractivity contribution in [2.45, 2.75) is 52.6 Å². The molecule has 2 amide bonds. The summed E-state index contributed by atoms with van der Waals surface area (Å²) in [5.74, 6) is -3.10. The van der Waals surface area contributed by atoms with Crippen molar-refractivity contribution in [3.05, 3.63) is 82.2 Å². The van der Waals surface area contributed by atoms with E-state index in [-0.39, 0.29) is 52.9 Å². The summed E-state index contributed by atoms with van der Waals surface area (Å²) < 4.78 is 36.4. The highest BCUT2D eigenvalue weighted by Crippen LogP contribution is 2.48. The molecule has 0 spiro atoms. The number of rotatable bonds is 4. The van der Waals surface area contributed by atoms with E-state index >= 15 is 8.78 Å². The highest BCUT2D eigenvalue weighted by atomic mass is 19.1. The highest BCUT2D eigenvalue weighted by Gasteiger charge is 2.46. The largest absolute Gasteiger partial charge is 0.354 e. The third-order valence-electron chi connectivity index (χ3n) is 9.55. The van der Waals surface area contributed by atoms with Crippen LogP contribution in [0.3, 0.4) is 0 Å². The van der Waals surface area contributed by atoms with Gasteiger partial charge in [-0.1, -0.05) is 26.5 Å². The molecule has 11 nitrogen and oxygen atoms in total. The van der Waals surface area contributed by atoms with Gasteiger partial charge in [-0.15, -0.1) is 0 Å². The van der Waals surface area contributed by atoms with Crippen LogP contribution in [0.25, 0.3) is 38.6 Å². The van der Waals surface area contributed by atoms with Gasteiger partial charge < -0.3 is 14.7 Å². The number of H-pyrrole nitrogens is 1. The van der Waals surface area contributed by atoms with Crippen LogP contribution < -0.4 is 15.5 Å². The number of aromatic amines is 1. The maximum Gasteiger partial charge on any atom is 0.354 e. The molecule has 13 heteroatoms. The molecule has 7 rings (SSSR count). The zero-order chi connectivity index (χ0) is 34.3. The van der Waals surface area contributed by atoms with Gasteiger partial charge in [0.25, 0.3) is 5.91 Å². The lowest BCUT2D eigenvalue weighted by atomic mass is 9.93. The van der Waals surface area contributed by atoms with Crippen LogP contribution in [0.4, 0.5) is 20.3 Å². The number of carbonyl (C=O) groups is 2. The lowest BCUT2D eigenvalue weighted by Gasteiger charge is -2.45. The topological polar surface area (TPSA) is 120 Å². The van der Waals surface area contributed by atoms with Crippen LogP contribution in [0.1, 0.15) is 43.5 Å². The molecule has 0 aliphatic carbocycles. The summed E-state index contributed by atoms with van der Waals surface area (Å²) in [5.41, 5.74) is 1.16. The van der Waals surface area contributed by atoms with Crippen LogP contribution in [0, 0.1) is 25.5 Å². The first kappa shape index (κ1) is 31.2. The fraction of sp³-hybridized carbons (Fsp3) is 0.314. The van der Waals surface area contributed by atoms with Crippen molar-refractivity contribution in [3.8, 4) is 16.8 Å². The smallest absolute Gasteiger partial charge is 0.337 e. The summed E-state index contributed by atoms with van der Waals surface area (Å²) in [4.78, 5) is 54.8. The zero-order valence-corrected chi connectivity index (χ0v) is 27.4. The number of carbonyl (C=O) groups excluding carboxylic acids is 2. The first-order valence-corrected chi connectivity index (χ1v) is 15.7. The van der Waals surface area contributed by atoms with Crippen molar-refractivity contribution in [1.29, 1.82) is 0 Å². The van der Waals surface area contributed by atoms with Crippen molar-refractivity contribution >= 4 is 45.1 Å².